The Bertz CT molecular complexity index is 534. The first-order chi connectivity index (χ1) is 10.6. The van der Waals surface area contributed by atoms with Crippen LogP contribution in [0.25, 0.3) is 0 Å². The number of para-hydroxylation sites is 1. The molecule has 1 aromatic rings. The van der Waals surface area contributed by atoms with Crippen LogP contribution in [-0.4, -0.2) is 49.8 Å². The van der Waals surface area contributed by atoms with E-state index in [1.807, 2.05) is 13.1 Å². The molecule has 1 heterocycles. The van der Waals surface area contributed by atoms with Crippen LogP contribution in [0.5, 0.6) is 0 Å². The van der Waals surface area contributed by atoms with E-state index in [0.717, 1.165) is 26.1 Å². The predicted octanol–water partition coefficient (Wildman–Crippen LogP) is 2.18. The number of hydrogen-bond acceptors (Lipinski definition) is 4. The number of carbonyl (C=O) groups is 2. The third-order valence-corrected chi connectivity index (χ3v) is 4.04. The SMILES string of the molecule is CNCC1CCCN(CC(=O)Nc2ccccc2C(C)=O)C1.Cl. The highest BCUT2D eigenvalue weighted by Crippen LogP contribution is 2.17. The van der Waals surface area contributed by atoms with E-state index in [9.17, 15) is 9.59 Å². The van der Waals surface area contributed by atoms with Gasteiger partial charge in [0, 0.05) is 12.1 Å². The van der Waals surface area contributed by atoms with E-state index < -0.39 is 0 Å². The quantitative estimate of drug-likeness (QED) is 0.780. The number of piperidine rings is 1. The Morgan fingerprint density at radius 2 is 2.04 bits per heavy atom. The number of halogens is 1. The van der Waals surface area contributed by atoms with Gasteiger partial charge in [-0.05, 0) is 58.0 Å². The molecule has 0 bridgehead atoms. The zero-order valence-corrected chi connectivity index (χ0v) is 14.6. The van der Waals surface area contributed by atoms with Gasteiger partial charge in [0.2, 0.25) is 5.91 Å². The molecule has 2 rings (SSSR count). The van der Waals surface area contributed by atoms with Gasteiger partial charge in [0.05, 0.1) is 12.2 Å². The molecule has 1 unspecified atom stereocenters. The fraction of sp³-hybridized carbons (Fsp3) is 0.529. The van der Waals surface area contributed by atoms with Crippen molar-refractivity contribution in [2.45, 2.75) is 19.8 Å². The molecular weight excluding hydrogens is 314 g/mol. The van der Waals surface area contributed by atoms with Crippen molar-refractivity contribution in [3.63, 3.8) is 0 Å². The Balaban J connectivity index is 0.00000264. The highest BCUT2D eigenvalue weighted by molar-refractivity contribution is 6.04. The first-order valence-electron chi connectivity index (χ1n) is 7.87. The molecule has 1 fully saturated rings. The lowest BCUT2D eigenvalue weighted by atomic mass is 9.98. The second-order valence-electron chi connectivity index (χ2n) is 5.95. The number of amides is 1. The Morgan fingerprint density at radius 1 is 1.30 bits per heavy atom. The molecule has 0 radical (unpaired) electrons. The summed E-state index contributed by atoms with van der Waals surface area (Å²) >= 11 is 0. The summed E-state index contributed by atoms with van der Waals surface area (Å²) in [6.07, 6.45) is 2.34. The lowest BCUT2D eigenvalue weighted by Crippen LogP contribution is -2.42. The van der Waals surface area contributed by atoms with Gasteiger partial charge in [0.1, 0.15) is 0 Å². The summed E-state index contributed by atoms with van der Waals surface area (Å²) in [5, 5.41) is 6.08. The summed E-state index contributed by atoms with van der Waals surface area (Å²) in [5.41, 5.74) is 1.16. The molecule has 5 nitrogen and oxygen atoms in total. The van der Waals surface area contributed by atoms with E-state index in [2.05, 4.69) is 15.5 Å². The Morgan fingerprint density at radius 3 is 2.74 bits per heavy atom. The van der Waals surface area contributed by atoms with Crippen LogP contribution in [0.3, 0.4) is 0 Å². The van der Waals surface area contributed by atoms with Crippen LogP contribution in [0.2, 0.25) is 0 Å². The van der Waals surface area contributed by atoms with E-state index in [4.69, 9.17) is 0 Å². The minimum atomic E-state index is -0.0567. The van der Waals surface area contributed by atoms with Crippen molar-refractivity contribution >= 4 is 29.8 Å². The maximum absolute atomic E-state index is 12.2. The smallest absolute Gasteiger partial charge is 0.238 e. The summed E-state index contributed by atoms with van der Waals surface area (Å²) in [4.78, 5) is 26.0. The van der Waals surface area contributed by atoms with Crippen molar-refractivity contribution in [3.8, 4) is 0 Å². The number of ketones is 1. The van der Waals surface area contributed by atoms with Crippen LogP contribution in [0.15, 0.2) is 24.3 Å². The van der Waals surface area contributed by atoms with Crippen LogP contribution in [-0.2, 0) is 4.79 Å². The molecule has 0 aromatic heterocycles. The van der Waals surface area contributed by atoms with Gasteiger partial charge in [-0.1, -0.05) is 12.1 Å². The van der Waals surface area contributed by atoms with Gasteiger partial charge in [0.15, 0.2) is 5.78 Å². The average molecular weight is 340 g/mol. The van der Waals surface area contributed by atoms with Crippen LogP contribution in [0.4, 0.5) is 5.69 Å². The summed E-state index contributed by atoms with van der Waals surface area (Å²) in [6.45, 7) is 4.79. The molecule has 0 spiro atoms. The average Bonchev–Trinajstić information content (AvgIpc) is 2.48. The van der Waals surface area contributed by atoms with Gasteiger partial charge in [-0.2, -0.15) is 0 Å². The van der Waals surface area contributed by atoms with Crippen molar-refractivity contribution in [1.29, 1.82) is 0 Å². The number of nitrogens with one attached hydrogen (secondary N) is 2. The Labute approximate surface area is 144 Å². The lowest BCUT2D eigenvalue weighted by Gasteiger charge is -2.32. The minimum absolute atomic E-state index is 0. The number of Topliss-reactive ketones (excluding diaryl/α,β-unsaturated/α-hetero) is 1. The summed E-state index contributed by atoms with van der Waals surface area (Å²) in [7, 11) is 1.96. The Hall–Kier alpha value is -1.43. The molecule has 0 saturated carbocycles. The third-order valence-electron chi connectivity index (χ3n) is 4.04. The van der Waals surface area contributed by atoms with E-state index in [1.54, 1.807) is 18.2 Å². The number of rotatable bonds is 6. The van der Waals surface area contributed by atoms with Gasteiger partial charge in [0.25, 0.3) is 0 Å². The summed E-state index contributed by atoms with van der Waals surface area (Å²) in [5.74, 6) is 0.512. The summed E-state index contributed by atoms with van der Waals surface area (Å²) < 4.78 is 0. The number of anilines is 1. The van der Waals surface area contributed by atoms with Gasteiger partial charge in [-0.3, -0.25) is 14.5 Å². The zero-order chi connectivity index (χ0) is 15.9. The molecule has 1 atom stereocenters. The zero-order valence-electron chi connectivity index (χ0n) is 13.8. The second-order valence-corrected chi connectivity index (χ2v) is 5.95. The van der Waals surface area contributed by atoms with Gasteiger partial charge in [-0.25, -0.2) is 0 Å². The molecule has 1 aliphatic rings. The Kier molecular flexibility index (Phi) is 8.23. The fourth-order valence-electron chi connectivity index (χ4n) is 3.04. The topological polar surface area (TPSA) is 61.4 Å². The van der Waals surface area contributed by atoms with Gasteiger partial charge < -0.3 is 10.6 Å². The maximum Gasteiger partial charge on any atom is 0.238 e. The molecule has 1 saturated heterocycles. The number of carbonyl (C=O) groups excluding carboxylic acids is 2. The first kappa shape index (κ1) is 19.6. The second kappa shape index (κ2) is 9.65. The van der Waals surface area contributed by atoms with E-state index >= 15 is 0 Å². The van der Waals surface area contributed by atoms with Crippen molar-refractivity contribution < 1.29 is 9.59 Å². The van der Waals surface area contributed by atoms with E-state index in [1.165, 1.54) is 13.3 Å². The molecule has 1 amide bonds. The molecule has 23 heavy (non-hydrogen) atoms. The van der Waals surface area contributed by atoms with Crippen molar-refractivity contribution in [1.82, 2.24) is 10.2 Å². The largest absolute Gasteiger partial charge is 0.324 e. The van der Waals surface area contributed by atoms with Crippen LogP contribution < -0.4 is 10.6 Å². The molecule has 0 aliphatic carbocycles. The standard InChI is InChI=1S/C17H25N3O2.ClH/c1-13(21)15-7-3-4-8-16(15)19-17(22)12-20-9-5-6-14(11-20)10-18-2;/h3-4,7-8,14,18H,5-6,9-12H2,1-2H3,(H,19,22);1H. The van der Waals surface area contributed by atoms with Gasteiger partial charge in [-0.15, -0.1) is 12.4 Å². The molecule has 1 aliphatic heterocycles. The summed E-state index contributed by atoms with van der Waals surface area (Å²) in [6, 6.07) is 7.14. The third kappa shape index (κ3) is 5.94. The van der Waals surface area contributed by atoms with Gasteiger partial charge >= 0.3 is 0 Å². The maximum atomic E-state index is 12.2. The van der Waals surface area contributed by atoms with Crippen LogP contribution in [0.1, 0.15) is 30.1 Å². The minimum Gasteiger partial charge on any atom is -0.324 e. The number of nitrogens with zero attached hydrogens (tertiary/aromatic N) is 1. The highest BCUT2D eigenvalue weighted by Gasteiger charge is 2.21. The lowest BCUT2D eigenvalue weighted by molar-refractivity contribution is -0.117. The van der Waals surface area contributed by atoms with Crippen molar-refractivity contribution in [2.75, 3.05) is 38.5 Å². The van der Waals surface area contributed by atoms with E-state index in [-0.39, 0.29) is 24.1 Å². The normalized spacial score (nSPS) is 18.1. The monoisotopic (exact) mass is 339 g/mol. The molecular formula is C17H26ClN3O2. The van der Waals surface area contributed by atoms with Crippen molar-refractivity contribution in [3.05, 3.63) is 29.8 Å². The van der Waals surface area contributed by atoms with Crippen LogP contribution >= 0.6 is 12.4 Å². The van der Waals surface area contributed by atoms with Crippen LogP contribution in [0, 0.1) is 5.92 Å². The number of likely N-dealkylation sites (tertiary alicyclic amines) is 1. The molecule has 1 aromatic carbocycles. The number of hydrogen-bond donors (Lipinski definition) is 2. The van der Waals surface area contributed by atoms with Crippen molar-refractivity contribution in [2.24, 2.45) is 5.92 Å². The first-order valence-corrected chi connectivity index (χ1v) is 7.87. The predicted molar refractivity (Wildman–Crippen MR) is 95.4 cm³/mol. The van der Waals surface area contributed by atoms with E-state index in [0.29, 0.717) is 23.7 Å². The number of benzene rings is 1. The molecule has 6 heteroatoms. The molecule has 128 valence electrons. The highest BCUT2D eigenvalue weighted by atomic mass is 35.5. The molecule has 2 N–H and O–H groups in total. The fourth-order valence-corrected chi connectivity index (χ4v) is 3.04.